The van der Waals surface area contributed by atoms with Gasteiger partial charge in [0, 0.05) is 30.5 Å². The summed E-state index contributed by atoms with van der Waals surface area (Å²) < 4.78 is 17.0. The number of rotatable bonds is 6. The lowest BCUT2D eigenvalue weighted by Crippen LogP contribution is -2.31. The van der Waals surface area contributed by atoms with Crippen LogP contribution in [0.4, 0.5) is 4.39 Å². The van der Waals surface area contributed by atoms with Crippen LogP contribution in [0.25, 0.3) is 5.69 Å². The molecule has 0 radical (unpaired) electrons. The summed E-state index contributed by atoms with van der Waals surface area (Å²) in [6.07, 6.45) is 1.70. The number of aryl methyl sites for hydroxylation is 2. The van der Waals surface area contributed by atoms with Crippen molar-refractivity contribution < 1.29 is 9.18 Å². The van der Waals surface area contributed by atoms with E-state index in [4.69, 9.17) is 11.6 Å². The van der Waals surface area contributed by atoms with Gasteiger partial charge in [-0.25, -0.2) is 9.07 Å². The third-order valence-corrected chi connectivity index (χ3v) is 5.42. The van der Waals surface area contributed by atoms with Crippen molar-refractivity contribution in [3.05, 3.63) is 100 Å². The fourth-order valence-corrected chi connectivity index (χ4v) is 3.56. The first-order chi connectivity index (χ1) is 14.9. The topological polar surface area (TPSA) is 56.0 Å². The van der Waals surface area contributed by atoms with E-state index in [1.54, 1.807) is 39.6 Å². The van der Waals surface area contributed by atoms with Crippen molar-refractivity contribution in [1.29, 1.82) is 0 Å². The van der Waals surface area contributed by atoms with Crippen LogP contribution in [0.5, 0.6) is 0 Å². The van der Waals surface area contributed by atoms with Gasteiger partial charge in [-0.15, -0.1) is 0 Å². The van der Waals surface area contributed by atoms with Crippen LogP contribution in [0.3, 0.4) is 0 Å². The van der Waals surface area contributed by atoms with E-state index in [1.807, 2.05) is 43.3 Å². The molecule has 0 unspecified atom stereocenters. The minimum Gasteiger partial charge on any atom is -0.327 e. The Balaban J connectivity index is 1.69. The number of amides is 1. The average Bonchev–Trinajstić information content (AvgIpc) is 3.36. The number of halogens is 2. The molecule has 158 valence electrons. The number of hydrogen-bond acceptors (Lipinski definition) is 3. The van der Waals surface area contributed by atoms with Gasteiger partial charge in [-0.3, -0.25) is 9.48 Å². The Morgan fingerprint density at radius 1 is 1.10 bits per heavy atom. The van der Waals surface area contributed by atoms with Gasteiger partial charge in [0.2, 0.25) is 0 Å². The average molecular weight is 438 g/mol. The lowest BCUT2D eigenvalue weighted by molar-refractivity contribution is 0.0720. The molecule has 1 amide bonds. The maximum Gasteiger partial charge on any atom is 0.275 e. The second-order valence-electron chi connectivity index (χ2n) is 7.26. The number of aromatic nitrogens is 4. The van der Waals surface area contributed by atoms with E-state index in [-0.39, 0.29) is 24.0 Å². The number of carbonyl (C=O) groups is 1. The molecule has 0 fully saturated rings. The second kappa shape index (κ2) is 8.73. The number of hydrogen-bond donors (Lipinski definition) is 0. The first kappa shape index (κ1) is 20.8. The number of nitrogens with zero attached hydrogens (tertiary/aromatic N) is 5. The fourth-order valence-electron chi connectivity index (χ4n) is 3.33. The Labute approximate surface area is 184 Å². The minimum absolute atomic E-state index is 0.202. The highest BCUT2D eigenvalue weighted by Crippen LogP contribution is 2.22. The molecular formula is C23H21ClFN5O. The maximum atomic E-state index is 13.5. The van der Waals surface area contributed by atoms with E-state index < -0.39 is 5.82 Å². The molecule has 0 spiro atoms. The highest BCUT2D eigenvalue weighted by molar-refractivity contribution is 6.31. The number of benzene rings is 2. The molecule has 2 heterocycles. The van der Waals surface area contributed by atoms with Crippen molar-refractivity contribution in [3.8, 4) is 5.69 Å². The highest BCUT2D eigenvalue weighted by atomic mass is 35.5. The molecule has 6 nitrogen and oxygen atoms in total. The summed E-state index contributed by atoms with van der Waals surface area (Å²) in [6, 6.07) is 17.5. The summed E-state index contributed by atoms with van der Waals surface area (Å²) in [5.41, 5.74) is 3.57. The zero-order chi connectivity index (χ0) is 22.0. The number of carbonyl (C=O) groups excluding carboxylic acids is 1. The molecule has 4 rings (SSSR count). The zero-order valence-electron chi connectivity index (χ0n) is 17.2. The number of para-hydroxylation sites is 1. The molecular weight excluding hydrogens is 417 g/mol. The smallest absolute Gasteiger partial charge is 0.275 e. The molecule has 8 heteroatoms. The summed E-state index contributed by atoms with van der Waals surface area (Å²) in [6.45, 7) is 2.36. The van der Waals surface area contributed by atoms with Crippen LogP contribution in [0.1, 0.15) is 27.4 Å². The molecule has 2 aromatic heterocycles. The van der Waals surface area contributed by atoms with Gasteiger partial charge in [0.25, 0.3) is 5.91 Å². The summed E-state index contributed by atoms with van der Waals surface area (Å²) in [5.74, 6) is -0.668. The standard InChI is InChI=1S/C23H21ClFN5O/c1-16-12-22(27-28(16)2)23(31)29(14-17-8-9-18(25)13-21(17)24)15-20-10-11-26-30(20)19-6-4-3-5-7-19/h3-13H,14-15H2,1-2H3. The Hall–Kier alpha value is -3.45. The predicted molar refractivity (Wildman–Crippen MR) is 116 cm³/mol. The largest absolute Gasteiger partial charge is 0.327 e. The monoisotopic (exact) mass is 437 g/mol. The van der Waals surface area contributed by atoms with Crippen LogP contribution < -0.4 is 0 Å². The summed E-state index contributed by atoms with van der Waals surface area (Å²) in [4.78, 5) is 15.0. The minimum atomic E-state index is -0.422. The Morgan fingerprint density at radius 2 is 1.87 bits per heavy atom. The third kappa shape index (κ3) is 4.51. The van der Waals surface area contributed by atoms with Gasteiger partial charge in [-0.05, 0) is 48.9 Å². The first-order valence-electron chi connectivity index (χ1n) is 9.74. The van der Waals surface area contributed by atoms with Crippen LogP contribution in [0.2, 0.25) is 5.02 Å². The Kier molecular flexibility index (Phi) is 5.86. The van der Waals surface area contributed by atoms with Gasteiger partial charge in [-0.1, -0.05) is 35.9 Å². The maximum absolute atomic E-state index is 13.5. The molecule has 0 aliphatic rings. The van der Waals surface area contributed by atoms with Crippen LogP contribution in [0, 0.1) is 12.7 Å². The van der Waals surface area contributed by atoms with Gasteiger partial charge in [-0.2, -0.15) is 10.2 Å². The SMILES string of the molecule is Cc1cc(C(=O)N(Cc2ccc(F)cc2Cl)Cc2ccnn2-c2ccccc2)nn1C. The van der Waals surface area contributed by atoms with Gasteiger partial charge in [0.05, 0.1) is 17.9 Å². The fraction of sp³-hybridized carbons (Fsp3) is 0.174. The van der Waals surface area contributed by atoms with E-state index in [0.29, 0.717) is 11.3 Å². The van der Waals surface area contributed by atoms with E-state index in [2.05, 4.69) is 10.2 Å². The molecule has 0 atom stereocenters. The molecule has 4 aromatic rings. The molecule has 0 aliphatic heterocycles. The zero-order valence-corrected chi connectivity index (χ0v) is 17.9. The van der Waals surface area contributed by atoms with Crippen LogP contribution in [0.15, 0.2) is 66.9 Å². The van der Waals surface area contributed by atoms with Crippen molar-refractivity contribution in [2.24, 2.45) is 7.05 Å². The summed E-state index contributed by atoms with van der Waals surface area (Å²) in [5, 5.41) is 9.01. The van der Waals surface area contributed by atoms with E-state index in [9.17, 15) is 9.18 Å². The van der Waals surface area contributed by atoms with Crippen LogP contribution >= 0.6 is 11.6 Å². The molecule has 0 saturated carbocycles. The Bertz CT molecular complexity index is 1200. The van der Waals surface area contributed by atoms with E-state index >= 15 is 0 Å². The molecule has 0 N–H and O–H groups in total. The molecule has 0 bridgehead atoms. The van der Waals surface area contributed by atoms with Gasteiger partial charge < -0.3 is 4.90 Å². The second-order valence-corrected chi connectivity index (χ2v) is 7.67. The van der Waals surface area contributed by atoms with Gasteiger partial charge >= 0.3 is 0 Å². The summed E-state index contributed by atoms with van der Waals surface area (Å²) in [7, 11) is 1.79. The lowest BCUT2D eigenvalue weighted by atomic mass is 10.2. The predicted octanol–water partition coefficient (Wildman–Crippen LogP) is 4.55. The Morgan fingerprint density at radius 3 is 2.55 bits per heavy atom. The van der Waals surface area contributed by atoms with Crippen molar-refractivity contribution in [1.82, 2.24) is 24.5 Å². The lowest BCUT2D eigenvalue weighted by Gasteiger charge is -2.23. The van der Waals surface area contributed by atoms with Crippen molar-refractivity contribution in [2.45, 2.75) is 20.0 Å². The van der Waals surface area contributed by atoms with E-state index in [1.165, 1.54) is 12.1 Å². The summed E-state index contributed by atoms with van der Waals surface area (Å²) >= 11 is 6.25. The molecule has 2 aromatic carbocycles. The molecule has 0 aliphatic carbocycles. The normalized spacial score (nSPS) is 11.0. The van der Waals surface area contributed by atoms with E-state index in [0.717, 1.165) is 17.1 Å². The van der Waals surface area contributed by atoms with Gasteiger partial charge in [0.15, 0.2) is 5.69 Å². The van der Waals surface area contributed by atoms with Crippen molar-refractivity contribution in [3.63, 3.8) is 0 Å². The quantitative estimate of drug-likeness (QED) is 0.444. The molecule has 0 saturated heterocycles. The highest BCUT2D eigenvalue weighted by Gasteiger charge is 2.22. The van der Waals surface area contributed by atoms with Crippen molar-refractivity contribution >= 4 is 17.5 Å². The van der Waals surface area contributed by atoms with Crippen LogP contribution in [-0.4, -0.2) is 30.4 Å². The first-order valence-corrected chi connectivity index (χ1v) is 10.1. The van der Waals surface area contributed by atoms with Crippen molar-refractivity contribution in [2.75, 3.05) is 0 Å². The van der Waals surface area contributed by atoms with Crippen LogP contribution in [-0.2, 0) is 20.1 Å². The van der Waals surface area contributed by atoms with Gasteiger partial charge in [0.1, 0.15) is 5.82 Å². The third-order valence-electron chi connectivity index (χ3n) is 5.07. The molecule has 31 heavy (non-hydrogen) atoms.